The highest BCUT2D eigenvalue weighted by Crippen LogP contribution is 2.26. The fourth-order valence-corrected chi connectivity index (χ4v) is 2.58. The monoisotopic (exact) mass is 276 g/mol. The molecule has 0 aliphatic heterocycles. The van der Waals surface area contributed by atoms with Crippen molar-refractivity contribution < 1.29 is 4.79 Å². The van der Waals surface area contributed by atoms with E-state index in [1.807, 2.05) is 19.0 Å². The van der Waals surface area contributed by atoms with Gasteiger partial charge in [-0.25, -0.2) is 0 Å². The zero-order chi connectivity index (χ0) is 12.5. The molecule has 0 spiro atoms. The van der Waals surface area contributed by atoms with Crippen LogP contribution in [-0.4, -0.2) is 38.0 Å². The molecule has 0 heterocycles. The second-order valence-corrected chi connectivity index (χ2v) is 5.32. The number of hydrogen-bond donors (Lipinski definition) is 1. The molecule has 1 saturated carbocycles. The van der Waals surface area contributed by atoms with Crippen molar-refractivity contribution in [3.63, 3.8) is 0 Å². The van der Waals surface area contributed by atoms with Gasteiger partial charge in [0.2, 0.25) is 5.91 Å². The van der Waals surface area contributed by atoms with Crippen LogP contribution in [0.2, 0.25) is 0 Å². The van der Waals surface area contributed by atoms with Gasteiger partial charge in [0.1, 0.15) is 0 Å². The van der Waals surface area contributed by atoms with Crippen LogP contribution in [-0.2, 0) is 4.79 Å². The van der Waals surface area contributed by atoms with Gasteiger partial charge >= 0.3 is 0 Å². The average Bonchev–Trinajstić information content (AvgIpc) is 2.37. The Morgan fingerprint density at radius 1 is 1.28 bits per heavy atom. The number of rotatable bonds is 7. The summed E-state index contributed by atoms with van der Waals surface area (Å²) < 4.78 is 0. The van der Waals surface area contributed by atoms with Crippen molar-refractivity contribution in [1.29, 1.82) is 0 Å². The Labute approximate surface area is 118 Å². The van der Waals surface area contributed by atoms with Crippen LogP contribution in [0.15, 0.2) is 0 Å². The molecule has 0 unspecified atom stereocenters. The van der Waals surface area contributed by atoms with Crippen LogP contribution in [0.5, 0.6) is 0 Å². The van der Waals surface area contributed by atoms with E-state index in [1.54, 1.807) is 0 Å². The molecule has 0 radical (unpaired) electrons. The molecule has 1 aliphatic rings. The highest BCUT2D eigenvalue weighted by Gasteiger charge is 2.15. The van der Waals surface area contributed by atoms with E-state index >= 15 is 0 Å². The molecule has 18 heavy (non-hydrogen) atoms. The Bertz CT molecular complexity index is 218. The Hall–Kier alpha value is -0.280. The first kappa shape index (κ1) is 17.7. The third-order valence-corrected chi connectivity index (χ3v) is 3.84. The van der Waals surface area contributed by atoms with Crippen molar-refractivity contribution in [2.24, 2.45) is 5.92 Å². The van der Waals surface area contributed by atoms with Gasteiger partial charge in [-0.3, -0.25) is 4.79 Å². The fraction of sp³-hybridized carbons (Fsp3) is 0.929. The Balaban J connectivity index is 0.00000289. The van der Waals surface area contributed by atoms with E-state index in [2.05, 4.69) is 5.32 Å². The molecule has 108 valence electrons. The predicted molar refractivity (Wildman–Crippen MR) is 79.2 cm³/mol. The first-order chi connectivity index (χ1) is 8.24. The third kappa shape index (κ3) is 7.22. The molecular formula is C14H29ClN2O. The van der Waals surface area contributed by atoms with Crippen LogP contribution >= 0.6 is 12.4 Å². The van der Waals surface area contributed by atoms with Crippen LogP contribution in [0.25, 0.3) is 0 Å². The Kier molecular flexibility index (Phi) is 10.5. The quantitative estimate of drug-likeness (QED) is 0.725. The summed E-state index contributed by atoms with van der Waals surface area (Å²) in [6.07, 6.45) is 9.78. The van der Waals surface area contributed by atoms with E-state index in [0.717, 1.165) is 25.4 Å². The van der Waals surface area contributed by atoms with Gasteiger partial charge in [0.05, 0.1) is 0 Å². The van der Waals surface area contributed by atoms with Crippen molar-refractivity contribution in [2.75, 3.05) is 27.2 Å². The maximum absolute atomic E-state index is 11.8. The van der Waals surface area contributed by atoms with E-state index < -0.39 is 0 Å². The van der Waals surface area contributed by atoms with Crippen molar-refractivity contribution in [2.45, 2.75) is 51.4 Å². The van der Waals surface area contributed by atoms with Crippen LogP contribution in [0.3, 0.4) is 0 Å². The number of nitrogens with one attached hydrogen (secondary N) is 1. The van der Waals surface area contributed by atoms with E-state index in [0.29, 0.717) is 12.3 Å². The first-order valence-corrected chi connectivity index (χ1v) is 7.12. The minimum atomic E-state index is 0. The van der Waals surface area contributed by atoms with Crippen LogP contribution in [0.1, 0.15) is 51.4 Å². The normalized spacial score (nSPS) is 16.1. The summed E-state index contributed by atoms with van der Waals surface area (Å²) in [5, 5.41) is 3.07. The van der Waals surface area contributed by atoms with Gasteiger partial charge < -0.3 is 10.2 Å². The molecule has 1 N–H and O–H groups in total. The van der Waals surface area contributed by atoms with Crippen LogP contribution in [0, 0.1) is 5.92 Å². The number of amides is 1. The summed E-state index contributed by atoms with van der Waals surface area (Å²) in [5.41, 5.74) is 0. The maximum Gasteiger partial charge on any atom is 0.222 e. The molecule has 3 nitrogen and oxygen atoms in total. The third-order valence-electron chi connectivity index (χ3n) is 3.84. The molecule has 1 rings (SSSR count). The molecular weight excluding hydrogens is 248 g/mol. The van der Waals surface area contributed by atoms with Gasteiger partial charge in [0.15, 0.2) is 0 Å². The highest BCUT2D eigenvalue weighted by molar-refractivity contribution is 5.85. The molecule has 0 atom stereocenters. The lowest BCUT2D eigenvalue weighted by Crippen LogP contribution is -2.29. The summed E-state index contributed by atoms with van der Waals surface area (Å²) >= 11 is 0. The zero-order valence-corrected chi connectivity index (χ0v) is 12.7. The topological polar surface area (TPSA) is 32.3 Å². The second kappa shape index (κ2) is 10.6. The molecule has 0 aromatic carbocycles. The highest BCUT2D eigenvalue weighted by atomic mass is 35.5. The van der Waals surface area contributed by atoms with Crippen LogP contribution < -0.4 is 5.32 Å². The molecule has 1 fully saturated rings. The summed E-state index contributed by atoms with van der Waals surface area (Å²) in [7, 11) is 3.88. The number of halogens is 1. The number of hydrogen-bond acceptors (Lipinski definition) is 2. The van der Waals surface area contributed by atoms with E-state index in [1.165, 1.54) is 38.5 Å². The number of carbonyl (C=O) groups excluding carboxylic acids is 1. The summed E-state index contributed by atoms with van der Waals surface area (Å²) in [6.45, 7) is 1.88. The van der Waals surface area contributed by atoms with E-state index in [9.17, 15) is 4.79 Å². The van der Waals surface area contributed by atoms with E-state index in [-0.39, 0.29) is 12.4 Å². The summed E-state index contributed by atoms with van der Waals surface area (Å²) in [4.78, 5) is 13.7. The van der Waals surface area contributed by atoms with Crippen molar-refractivity contribution >= 4 is 18.3 Å². The van der Waals surface area contributed by atoms with Gasteiger partial charge in [-0.1, -0.05) is 32.1 Å². The van der Waals surface area contributed by atoms with Crippen molar-refractivity contribution in [3.8, 4) is 0 Å². The molecule has 1 aliphatic carbocycles. The molecule has 0 saturated heterocycles. The fourth-order valence-electron chi connectivity index (χ4n) is 2.58. The smallest absolute Gasteiger partial charge is 0.222 e. The Morgan fingerprint density at radius 3 is 2.56 bits per heavy atom. The van der Waals surface area contributed by atoms with Crippen molar-refractivity contribution in [3.05, 3.63) is 0 Å². The average molecular weight is 277 g/mol. The van der Waals surface area contributed by atoms with Gasteiger partial charge in [-0.15, -0.1) is 12.4 Å². The molecule has 0 aromatic heterocycles. The molecule has 0 aromatic rings. The lowest BCUT2D eigenvalue weighted by molar-refractivity contribution is -0.130. The lowest BCUT2D eigenvalue weighted by Gasteiger charge is -2.24. The largest absolute Gasteiger partial charge is 0.346 e. The molecule has 0 bridgehead atoms. The minimum Gasteiger partial charge on any atom is -0.346 e. The minimum absolute atomic E-state index is 0. The molecule has 1 amide bonds. The van der Waals surface area contributed by atoms with E-state index in [4.69, 9.17) is 0 Å². The van der Waals surface area contributed by atoms with Crippen molar-refractivity contribution in [1.82, 2.24) is 10.2 Å². The SMILES string of the molecule is CNCCCC(=O)N(C)CCC1CCCCC1.Cl. The molecule has 4 heteroatoms. The van der Waals surface area contributed by atoms with Crippen LogP contribution in [0.4, 0.5) is 0 Å². The maximum atomic E-state index is 11.8. The summed E-state index contributed by atoms with van der Waals surface area (Å²) in [5.74, 6) is 1.17. The standard InChI is InChI=1S/C14H28N2O.ClH/c1-15-11-6-9-14(17)16(2)12-10-13-7-4-3-5-8-13;/h13,15H,3-12H2,1-2H3;1H. The van der Waals surface area contributed by atoms with Gasteiger partial charge in [0, 0.05) is 20.0 Å². The zero-order valence-electron chi connectivity index (χ0n) is 11.9. The summed E-state index contributed by atoms with van der Waals surface area (Å²) in [6, 6.07) is 0. The second-order valence-electron chi connectivity index (χ2n) is 5.32. The number of carbonyl (C=O) groups is 1. The van der Waals surface area contributed by atoms with Gasteiger partial charge in [-0.2, -0.15) is 0 Å². The Morgan fingerprint density at radius 2 is 1.94 bits per heavy atom. The van der Waals surface area contributed by atoms with Gasteiger partial charge in [-0.05, 0) is 32.4 Å². The first-order valence-electron chi connectivity index (χ1n) is 7.12. The lowest BCUT2D eigenvalue weighted by atomic mass is 9.87. The van der Waals surface area contributed by atoms with Gasteiger partial charge in [0.25, 0.3) is 0 Å². The predicted octanol–water partition coefficient (Wildman–Crippen LogP) is 2.84. The number of nitrogens with zero attached hydrogens (tertiary/aromatic N) is 1.